The van der Waals surface area contributed by atoms with Gasteiger partial charge in [-0.3, -0.25) is 0 Å². The Morgan fingerprint density at radius 1 is 0.321 bits per heavy atom. The van der Waals surface area contributed by atoms with Crippen molar-refractivity contribution in [2.45, 2.75) is 0 Å². The van der Waals surface area contributed by atoms with Crippen LogP contribution in [0.5, 0.6) is 0 Å². The molecule has 0 atom stereocenters. The lowest BCUT2D eigenvalue weighted by Gasteiger charge is -2.04. The highest BCUT2D eigenvalue weighted by molar-refractivity contribution is 5.75. The Labute approximate surface area is 167 Å². The molecule has 0 aliphatic rings. The molecule has 0 bridgehead atoms. The van der Waals surface area contributed by atoms with Gasteiger partial charge in [-0.2, -0.15) is 0 Å². The molecular formula is C28H22. The van der Waals surface area contributed by atoms with Crippen LogP contribution in [0.25, 0.3) is 35.4 Å². The zero-order valence-corrected chi connectivity index (χ0v) is 15.7. The highest BCUT2D eigenvalue weighted by Crippen LogP contribution is 2.22. The van der Waals surface area contributed by atoms with Crippen molar-refractivity contribution in [3.8, 4) is 11.1 Å². The van der Waals surface area contributed by atoms with Gasteiger partial charge in [0, 0.05) is 0 Å². The zero-order valence-electron chi connectivity index (χ0n) is 15.7. The van der Waals surface area contributed by atoms with Gasteiger partial charge in [0.15, 0.2) is 0 Å². The first-order valence-corrected chi connectivity index (χ1v) is 9.54. The molecule has 134 valence electrons. The van der Waals surface area contributed by atoms with E-state index < -0.39 is 0 Å². The minimum absolute atomic E-state index is 1.20. The highest BCUT2D eigenvalue weighted by Gasteiger charge is 1.98. The molecule has 0 heterocycles. The summed E-state index contributed by atoms with van der Waals surface area (Å²) in [5.41, 5.74) is 7.29. The van der Waals surface area contributed by atoms with E-state index in [1.807, 2.05) is 12.1 Å². The van der Waals surface area contributed by atoms with Crippen LogP contribution in [0.2, 0.25) is 0 Å². The van der Waals surface area contributed by atoms with Crippen LogP contribution >= 0.6 is 0 Å². The first kappa shape index (κ1) is 17.8. The van der Waals surface area contributed by atoms with E-state index in [4.69, 9.17) is 0 Å². The SMILES string of the molecule is C(=Cc1ccc(-c2cccc(C=Cc3ccccc3)c2)cc1)c1ccccc1. The summed E-state index contributed by atoms with van der Waals surface area (Å²) < 4.78 is 0. The first-order valence-electron chi connectivity index (χ1n) is 9.54. The molecule has 4 aromatic carbocycles. The molecule has 4 aromatic rings. The maximum Gasteiger partial charge on any atom is -0.0178 e. The van der Waals surface area contributed by atoms with Crippen LogP contribution in [-0.2, 0) is 0 Å². The van der Waals surface area contributed by atoms with Crippen LogP contribution in [0.1, 0.15) is 22.3 Å². The molecule has 0 saturated carbocycles. The van der Waals surface area contributed by atoms with Crippen molar-refractivity contribution in [2.24, 2.45) is 0 Å². The molecule has 0 spiro atoms. The summed E-state index contributed by atoms with van der Waals surface area (Å²) in [6.45, 7) is 0. The lowest BCUT2D eigenvalue weighted by atomic mass is 10.0. The molecule has 0 unspecified atom stereocenters. The van der Waals surface area contributed by atoms with Crippen LogP contribution in [0.3, 0.4) is 0 Å². The average Bonchev–Trinajstić information content (AvgIpc) is 2.78. The van der Waals surface area contributed by atoms with Crippen molar-refractivity contribution in [1.29, 1.82) is 0 Å². The van der Waals surface area contributed by atoms with Crippen LogP contribution in [0.15, 0.2) is 109 Å². The molecule has 0 amide bonds. The van der Waals surface area contributed by atoms with Crippen LogP contribution in [0, 0.1) is 0 Å². The minimum Gasteiger partial charge on any atom is -0.0622 e. The Morgan fingerprint density at radius 3 is 1.36 bits per heavy atom. The Hall–Kier alpha value is -3.64. The average molecular weight is 358 g/mol. The fourth-order valence-electron chi connectivity index (χ4n) is 3.12. The van der Waals surface area contributed by atoms with Crippen molar-refractivity contribution in [1.82, 2.24) is 0 Å². The summed E-state index contributed by atoms with van der Waals surface area (Å²) in [4.78, 5) is 0. The summed E-state index contributed by atoms with van der Waals surface area (Å²) in [5, 5.41) is 0. The predicted octanol–water partition coefficient (Wildman–Crippen LogP) is 7.69. The third kappa shape index (κ3) is 4.75. The lowest BCUT2D eigenvalue weighted by Crippen LogP contribution is -1.80. The van der Waals surface area contributed by atoms with Gasteiger partial charge in [0.25, 0.3) is 0 Å². The van der Waals surface area contributed by atoms with E-state index in [-0.39, 0.29) is 0 Å². The van der Waals surface area contributed by atoms with E-state index >= 15 is 0 Å². The van der Waals surface area contributed by atoms with Crippen molar-refractivity contribution in [2.75, 3.05) is 0 Å². The van der Waals surface area contributed by atoms with Crippen molar-refractivity contribution in [3.05, 3.63) is 131 Å². The zero-order chi connectivity index (χ0) is 19.0. The van der Waals surface area contributed by atoms with E-state index in [2.05, 4.69) is 121 Å². The lowest BCUT2D eigenvalue weighted by molar-refractivity contribution is 1.58. The van der Waals surface area contributed by atoms with E-state index in [1.165, 1.54) is 33.4 Å². The standard InChI is InChI=1S/C28H22/c1-3-8-23(9-4-1)14-15-25-18-20-27(21-19-25)28-13-7-12-26(22-28)17-16-24-10-5-2-6-11-24/h1-22H. The van der Waals surface area contributed by atoms with Gasteiger partial charge in [0.05, 0.1) is 0 Å². The van der Waals surface area contributed by atoms with Gasteiger partial charge in [-0.15, -0.1) is 0 Å². The Morgan fingerprint density at radius 2 is 0.786 bits per heavy atom. The molecule has 4 rings (SSSR count). The topological polar surface area (TPSA) is 0 Å². The molecule has 0 aromatic heterocycles. The second-order valence-electron chi connectivity index (χ2n) is 6.74. The van der Waals surface area contributed by atoms with Gasteiger partial charge >= 0.3 is 0 Å². The summed E-state index contributed by atoms with van der Waals surface area (Å²) in [6, 6.07) is 38.1. The van der Waals surface area contributed by atoms with Gasteiger partial charge < -0.3 is 0 Å². The Kier molecular flexibility index (Phi) is 5.60. The molecular weight excluding hydrogens is 336 g/mol. The first-order chi connectivity index (χ1) is 13.9. The fraction of sp³-hybridized carbons (Fsp3) is 0. The second-order valence-corrected chi connectivity index (χ2v) is 6.74. The maximum absolute atomic E-state index is 2.23. The predicted molar refractivity (Wildman–Crippen MR) is 123 cm³/mol. The fourth-order valence-corrected chi connectivity index (χ4v) is 3.12. The molecule has 0 aliphatic heterocycles. The van der Waals surface area contributed by atoms with Crippen molar-refractivity contribution >= 4 is 24.3 Å². The number of hydrogen-bond acceptors (Lipinski definition) is 0. The molecule has 28 heavy (non-hydrogen) atoms. The summed E-state index contributed by atoms with van der Waals surface area (Å²) in [6.07, 6.45) is 8.61. The molecule has 0 saturated heterocycles. The molecule has 0 nitrogen and oxygen atoms in total. The summed E-state index contributed by atoms with van der Waals surface area (Å²) in [7, 11) is 0. The van der Waals surface area contributed by atoms with Crippen molar-refractivity contribution < 1.29 is 0 Å². The summed E-state index contributed by atoms with van der Waals surface area (Å²) >= 11 is 0. The van der Waals surface area contributed by atoms with E-state index in [0.717, 1.165) is 0 Å². The van der Waals surface area contributed by atoms with Gasteiger partial charge in [0.2, 0.25) is 0 Å². The number of benzene rings is 4. The van der Waals surface area contributed by atoms with Gasteiger partial charge in [-0.05, 0) is 39.4 Å². The van der Waals surface area contributed by atoms with Crippen molar-refractivity contribution in [3.63, 3.8) is 0 Å². The smallest absolute Gasteiger partial charge is 0.0178 e. The number of rotatable bonds is 5. The third-order valence-corrected chi connectivity index (χ3v) is 4.67. The molecule has 0 fully saturated rings. The van der Waals surface area contributed by atoms with Crippen LogP contribution < -0.4 is 0 Å². The molecule has 0 radical (unpaired) electrons. The van der Waals surface area contributed by atoms with Gasteiger partial charge in [-0.25, -0.2) is 0 Å². The quantitative estimate of drug-likeness (QED) is 0.321. The highest BCUT2D eigenvalue weighted by atomic mass is 14.0. The normalized spacial score (nSPS) is 11.3. The summed E-state index contributed by atoms with van der Waals surface area (Å²) in [5.74, 6) is 0. The minimum atomic E-state index is 1.20. The number of hydrogen-bond donors (Lipinski definition) is 0. The molecule has 0 N–H and O–H groups in total. The molecule has 0 heteroatoms. The molecule has 0 aliphatic carbocycles. The van der Waals surface area contributed by atoms with E-state index in [9.17, 15) is 0 Å². The van der Waals surface area contributed by atoms with Crippen LogP contribution in [-0.4, -0.2) is 0 Å². The Bertz CT molecular complexity index is 1070. The van der Waals surface area contributed by atoms with Gasteiger partial charge in [0.1, 0.15) is 0 Å². The van der Waals surface area contributed by atoms with E-state index in [0.29, 0.717) is 0 Å². The van der Waals surface area contributed by atoms with Gasteiger partial charge in [-0.1, -0.05) is 127 Å². The Balaban J connectivity index is 1.50. The maximum atomic E-state index is 2.23. The monoisotopic (exact) mass is 358 g/mol. The second kappa shape index (κ2) is 8.83. The van der Waals surface area contributed by atoms with Crippen LogP contribution in [0.4, 0.5) is 0 Å². The van der Waals surface area contributed by atoms with E-state index in [1.54, 1.807) is 0 Å². The largest absolute Gasteiger partial charge is 0.0622 e. The third-order valence-electron chi connectivity index (χ3n) is 4.67.